The summed E-state index contributed by atoms with van der Waals surface area (Å²) < 4.78 is 22.9. The standard InChI is InChI=1S/C25H32O5/c1-6-7-12-29-24-22(27-4)14-17(15-23(24)28-5)13-20(26)18-8-9-21-19(16-18)10-11-25(2,3)30-21/h8-11,14-16,20,26H,6-7,12-13H2,1-5H3. The monoisotopic (exact) mass is 412 g/mol. The van der Waals surface area contributed by atoms with Gasteiger partial charge >= 0.3 is 0 Å². The number of unbranched alkanes of at least 4 members (excludes halogenated alkanes) is 1. The number of aliphatic hydroxyl groups excluding tert-OH is 1. The van der Waals surface area contributed by atoms with Gasteiger partial charge in [-0.05, 0) is 61.7 Å². The molecular formula is C25H32O5. The van der Waals surface area contributed by atoms with Crippen LogP contribution in [0.1, 0.15) is 56.4 Å². The van der Waals surface area contributed by atoms with E-state index in [9.17, 15) is 5.11 Å². The molecule has 1 aliphatic rings. The lowest BCUT2D eigenvalue weighted by Gasteiger charge is -2.28. The fourth-order valence-electron chi connectivity index (χ4n) is 3.46. The van der Waals surface area contributed by atoms with Crippen molar-refractivity contribution in [2.45, 2.75) is 51.7 Å². The molecular weight excluding hydrogens is 380 g/mol. The van der Waals surface area contributed by atoms with Crippen molar-refractivity contribution in [1.82, 2.24) is 0 Å². The molecule has 1 atom stereocenters. The Morgan fingerprint density at radius 1 is 1.07 bits per heavy atom. The van der Waals surface area contributed by atoms with Gasteiger partial charge in [-0.3, -0.25) is 0 Å². The summed E-state index contributed by atoms with van der Waals surface area (Å²) >= 11 is 0. The normalized spacial score (nSPS) is 15.1. The van der Waals surface area contributed by atoms with Crippen LogP contribution in [-0.4, -0.2) is 31.5 Å². The van der Waals surface area contributed by atoms with Crippen molar-refractivity contribution in [3.63, 3.8) is 0 Å². The minimum Gasteiger partial charge on any atom is -0.493 e. The minimum absolute atomic E-state index is 0.318. The Labute approximate surface area is 179 Å². The first-order valence-corrected chi connectivity index (χ1v) is 10.4. The van der Waals surface area contributed by atoms with Gasteiger partial charge in [0.2, 0.25) is 5.75 Å². The summed E-state index contributed by atoms with van der Waals surface area (Å²) in [6, 6.07) is 9.61. The van der Waals surface area contributed by atoms with E-state index in [1.54, 1.807) is 14.2 Å². The van der Waals surface area contributed by atoms with Crippen molar-refractivity contribution in [2.75, 3.05) is 20.8 Å². The van der Waals surface area contributed by atoms with Crippen molar-refractivity contribution in [3.05, 3.63) is 53.1 Å². The van der Waals surface area contributed by atoms with Crippen molar-refractivity contribution >= 4 is 6.08 Å². The third kappa shape index (κ3) is 5.08. The summed E-state index contributed by atoms with van der Waals surface area (Å²) in [5.41, 5.74) is 2.40. The summed E-state index contributed by atoms with van der Waals surface area (Å²) in [6.45, 7) is 6.76. The molecule has 0 aliphatic carbocycles. The highest BCUT2D eigenvalue weighted by Gasteiger charge is 2.23. The number of benzene rings is 2. The van der Waals surface area contributed by atoms with Gasteiger partial charge in [0.15, 0.2) is 11.5 Å². The molecule has 1 heterocycles. The molecule has 0 spiro atoms. The van der Waals surface area contributed by atoms with Crippen LogP contribution in [0, 0.1) is 0 Å². The zero-order valence-corrected chi connectivity index (χ0v) is 18.5. The SMILES string of the molecule is CCCCOc1c(OC)cc(CC(O)c2ccc3c(c2)C=CC(C)(C)O3)cc1OC. The number of hydrogen-bond donors (Lipinski definition) is 1. The molecule has 0 radical (unpaired) electrons. The average Bonchev–Trinajstić information content (AvgIpc) is 2.73. The first-order valence-electron chi connectivity index (χ1n) is 10.4. The minimum atomic E-state index is -0.667. The van der Waals surface area contributed by atoms with E-state index >= 15 is 0 Å². The molecule has 0 bridgehead atoms. The van der Waals surface area contributed by atoms with Crippen LogP contribution in [0.15, 0.2) is 36.4 Å². The Hall–Kier alpha value is -2.66. The van der Waals surface area contributed by atoms with E-state index in [0.29, 0.717) is 30.3 Å². The fourth-order valence-corrected chi connectivity index (χ4v) is 3.46. The second kappa shape index (κ2) is 9.43. The van der Waals surface area contributed by atoms with Gasteiger partial charge < -0.3 is 24.1 Å². The first-order chi connectivity index (χ1) is 14.4. The van der Waals surface area contributed by atoms with E-state index in [4.69, 9.17) is 18.9 Å². The number of hydrogen-bond acceptors (Lipinski definition) is 5. The molecule has 2 aromatic carbocycles. The van der Waals surface area contributed by atoms with Gasteiger partial charge in [0.25, 0.3) is 0 Å². The van der Waals surface area contributed by atoms with E-state index in [0.717, 1.165) is 35.3 Å². The highest BCUT2D eigenvalue weighted by atomic mass is 16.5. The van der Waals surface area contributed by atoms with Crippen molar-refractivity contribution in [2.24, 2.45) is 0 Å². The molecule has 162 valence electrons. The Morgan fingerprint density at radius 2 is 1.77 bits per heavy atom. The van der Waals surface area contributed by atoms with E-state index in [-0.39, 0.29) is 5.60 Å². The number of rotatable bonds is 9. The molecule has 1 aliphatic heterocycles. The molecule has 5 nitrogen and oxygen atoms in total. The van der Waals surface area contributed by atoms with E-state index in [1.807, 2.05) is 56.3 Å². The number of aliphatic hydroxyl groups is 1. The zero-order chi connectivity index (χ0) is 21.7. The van der Waals surface area contributed by atoms with Gasteiger partial charge in [-0.2, -0.15) is 0 Å². The lowest BCUT2D eigenvalue weighted by Crippen LogP contribution is -2.27. The van der Waals surface area contributed by atoms with Crippen LogP contribution in [0.2, 0.25) is 0 Å². The molecule has 30 heavy (non-hydrogen) atoms. The van der Waals surface area contributed by atoms with Crippen LogP contribution in [0.4, 0.5) is 0 Å². The molecule has 1 N–H and O–H groups in total. The van der Waals surface area contributed by atoms with Crippen LogP contribution < -0.4 is 18.9 Å². The molecule has 2 aromatic rings. The third-order valence-corrected chi connectivity index (χ3v) is 5.15. The Bertz CT molecular complexity index is 875. The van der Waals surface area contributed by atoms with Gasteiger partial charge in [0, 0.05) is 12.0 Å². The summed E-state index contributed by atoms with van der Waals surface area (Å²) in [4.78, 5) is 0. The van der Waals surface area contributed by atoms with Crippen LogP contribution >= 0.6 is 0 Å². The number of fused-ring (bicyclic) bond motifs is 1. The van der Waals surface area contributed by atoms with Gasteiger partial charge in [0.05, 0.1) is 26.9 Å². The van der Waals surface area contributed by atoms with Gasteiger partial charge in [0.1, 0.15) is 11.4 Å². The van der Waals surface area contributed by atoms with Gasteiger partial charge in [-0.25, -0.2) is 0 Å². The highest BCUT2D eigenvalue weighted by Crippen LogP contribution is 2.40. The Kier molecular flexibility index (Phi) is 6.93. The van der Waals surface area contributed by atoms with Crippen LogP contribution in [0.3, 0.4) is 0 Å². The molecule has 0 amide bonds. The quantitative estimate of drug-likeness (QED) is 0.563. The number of methoxy groups -OCH3 is 2. The van der Waals surface area contributed by atoms with Crippen molar-refractivity contribution < 1.29 is 24.1 Å². The predicted octanol–water partition coefficient (Wildman–Crippen LogP) is 5.34. The second-order valence-corrected chi connectivity index (χ2v) is 8.09. The Balaban J connectivity index is 1.80. The molecule has 3 rings (SSSR count). The smallest absolute Gasteiger partial charge is 0.203 e. The van der Waals surface area contributed by atoms with E-state index in [2.05, 4.69) is 6.92 Å². The summed E-state index contributed by atoms with van der Waals surface area (Å²) in [6.07, 6.45) is 5.84. The van der Waals surface area contributed by atoms with Crippen LogP contribution in [-0.2, 0) is 6.42 Å². The van der Waals surface area contributed by atoms with Crippen molar-refractivity contribution in [3.8, 4) is 23.0 Å². The van der Waals surface area contributed by atoms with Gasteiger partial charge in [-0.15, -0.1) is 0 Å². The maximum atomic E-state index is 10.9. The summed E-state index contributed by atoms with van der Waals surface area (Å²) in [5, 5.41) is 10.9. The predicted molar refractivity (Wildman–Crippen MR) is 119 cm³/mol. The van der Waals surface area contributed by atoms with Crippen LogP contribution in [0.5, 0.6) is 23.0 Å². The van der Waals surface area contributed by atoms with E-state index < -0.39 is 6.10 Å². The summed E-state index contributed by atoms with van der Waals surface area (Å²) in [5.74, 6) is 2.65. The van der Waals surface area contributed by atoms with Gasteiger partial charge in [-0.1, -0.05) is 25.5 Å². The van der Waals surface area contributed by atoms with Crippen molar-refractivity contribution in [1.29, 1.82) is 0 Å². The molecule has 0 saturated heterocycles. The highest BCUT2D eigenvalue weighted by molar-refractivity contribution is 5.62. The third-order valence-electron chi connectivity index (χ3n) is 5.15. The Morgan fingerprint density at radius 3 is 2.40 bits per heavy atom. The molecule has 0 fully saturated rings. The lowest BCUT2D eigenvalue weighted by molar-refractivity contribution is 0.158. The lowest BCUT2D eigenvalue weighted by atomic mass is 9.96. The number of ether oxygens (including phenoxy) is 4. The maximum Gasteiger partial charge on any atom is 0.203 e. The average molecular weight is 413 g/mol. The summed E-state index contributed by atoms with van der Waals surface area (Å²) in [7, 11) is 3.22. The second-order valence-electron chi connectivity index (χ2n) is 8.09. The molecule has 0 aromatic heterocycles. The van der Waals surface area contributed by atoms with Crippen LogP contribution in [0.25, 0.3) is 6.08 Å². The van der Waals surface area contributed by atoms with E-state index in [1.165, 1.54) is 0 Å². The molecule has 0 saturated carbocycles. The topological polar surface area (TPSA) is 57.2 Å². The molecule has 5 heteroatoms. The zero-order valence-electron chi connectivity index (χ0n) is 18.5. The maximum absolute atomic E-state index is 10.9. The molecule has 1 unspecified atom stereocenters. The largest absolute Gasteiger partial charge is 0.493 e. The fraction of sp³-hybridized carbons (Fsp3) is 0.440. The first kappa shape index (κ1) is 22.0.